The van der Waals surface area contributed by atoms with Gasteiger partial charge < -0.3 is 10.2 Å². The number of benzene rings is 1. The van der Waals surface area contributed by atoms with Gasteiger partial charge in [0, 0.05) is 48.9 Å². The van der Waals surface area contributed by atoms with Gasteiger partial charge in [-0.05, 0) is 44.7 Å². The molecule has 0 aliphatic carbocycles. The third-order valence-electron chi connectivity index (χ3n) is 3.94. The maximum Gasteiger partial charge on any atom is 0.0370 e. The first-order chi connectivity index (χ1) is 9.11. The van der Waals surface area contributed by atoms with Crippen LogP contribution >= 0.6 is 15.9 Å². The number of halogens is 1. The molecule has 0 aromatic heterocycles. The van der Waals surface area contributed by atoms with Gasteiger partial charge in [-0.2, -0.15) is 0 Å². The Morgan fingerprint density at radius 3 is 2.53 bits per heavy atom. The first-order valence-electron chi connectivity index (χ1n) is 7.01. The zero-order chi connectivity index (χ0) is 13.8. The standard InChI is InChI=1S/C15H24BrN3/c1-12-10-14(4-5-15(12)16)19-8-6-18(7-9-19)13(2)11-17-3/h4-5,10,13,17H,6-9,11H2,1-3H3. The number of aryl methyl sites for hydroxylation is 1. The van der Waals surface area contributed by atoms with Gasteiger partial charge in [-0.1, -0.05) is 15.9 Å². The number of nitrogens with zero attached hydrogens (tertiary/aromatic N) is 2. The second-order valence-corrected chi connectivity index (χ2v) is 6.22. The van der Waals surface area contributed by atoms with Crippen molar-refractivity contribution < 1.29 is 0 Å². The molecule has 2 rings (SSSR count). The molecule has 1 N–H and O–H groups in total. The summed E-state index contributed by atoms with van der Waals surface area (Å²) in [5.41, 5.74) is 2.66. The summed E-state index contributed by atoms with van der Waals surface area (Å²) in [4.78, 5) is 5.06. The fourth-order valence-corrected chi connectivity index (χ4v) is 2.92. The third kappa shape index (κ3) is 3.71. The van der Waals surface area contributed by atoms with Crippen LogP contribution in [0, 0.1) is 6.92 Å². The summed E-state index contributed by atoms with van der Waals surface area (Å²) in [6, 6.07) is 7.26. The fraction of sp³-hybridized carbons (Fsp3) is 0.600. The first kappa shape index (κ1) is 14.8. The molecule has 0 amide bonds. The summed E-state index contributed by atoms with van der Waals surface area (Å²) in [7, 11) is 2.03. The van der Waals surface area contributed by atoms with Crippen LogP contribution in [-0.4, -0.2) is 50.7 Å². The number of hydrogen-bond donors (Lipinski definition) is 1. The number of hydrogen-bond acceptors (Lipinski definition) is 3. The first-order valence-corrected chi connectivity index (χ1v) is 7.81. The van der Waals surface area contributed by atoms with E-state index in [-0.39, 0.29) is 0 Å². The largest absolute Gasteiger partial charge is 0.369 e. The van der Waals surface area contributed by atoms with E-state index < -0.39 is 0 Å². The highest BCUT2D eigenvalue weighted by Crippen LogP contribution is 2.24. The molecular formula is C15H24BrN3. The third-order valence-corrected chi connectivity index (χ3v) is 4.83. The van der Waals surface area contributed by atoms with Gasteiger partial charge in [-0.3, -0.25) is 4.90 Å². The van der Waals surface area contributed by atoms with E-state index in [0.29, 0.717) is 6.04 Å². The van der Waals surface area contributed by atoms with Gasteiger partial charge in [0.2, 0.25) is 0 Å². The molecule has 0 saturated carbocycles. The van der Waals surface area contributed by atoms with Gasteiger partial charge in [0.1, 0.15) is 0 Å². The summed E-state index contributed by atoms with van der Waals surface area (Å²) in [5.74, 6) is 0. The molecule has 0 bridgehead atoms. The van der Waals surface area contributed by atoms with E-state index >= 15 is 0 Å². The Balaban J connectivity index is 1.94. The Labute approximate surface area is 125 Å². The van der Waals surface area contributed by atoms with Gasteiger partial charge in [0.05, 0.1) is 0 Å². The molecule has 1 aromatic carbocycles. The lowest BCUT2D eigenvalue weighted by atomic mass is 10.1. The minimum Gasteiger partial charge on any atom is -0.369 e. The molecule has 1 heterocycles. The Kier molecular flexibility index (Phi) is 5.25. The molecule has 106 valence electrons. The van der Waals surface area contributed by atoms with Crippen LogP contribution < -0.4 is 10.2 Å². The van der Waals surface area contributed by atoms with Crippen molar-refractivity contribution >= 4 is 21.6 Å². The van der Waals surface area contributed by atoms with Gasteiger partial charge >= 0.3 is 0 Å². The average Bonchev–Trinajstić information content (AvgIpc) is 2.42. The summed E-state index contributed by atoms with van der Waals surface area (Å²) in [6.45, 7) is 10.1. The number of piperazine rings is 1. The van der Waals surface area contributed by atoms with Crippen LogP contribution in [0.5, 0.6) is 0 Å². The van der Waals surface area contributed by atoms with Crippen molar-refractivity contribution in [3.63, 3.8) is 0 Å². The van der Waals surface area contributed by atoms with E-state index in [1.807, 2.05) is 7.05 Å². The topological polar surface area (TPSA) is 18.5 Å². The van der Waals surface area contributed by atoms with Gasteiger partial charge in [-0.15, -0.1) is 0 Å². The van der Waals surface area contributed by atoms with Crippen molar-refractivity contribution in [3.8, 4) is 0 Å². The molecule has 1 fully saturated rings. The summed E-state index contributed by atoms with van der Waals surface area (Å²) in [5, 5.41) is 3.26. The van der Waals surface area contributed by atoms with Crippen LogP contribution in [0.4, 0.5) is 5.69 Å². The number of rotatable bonds is 4. The van der Waals surface area contributed by atoms with Crippen LogP contribution in [-0.2, 0) is 0 Å². The zero-order valence-electron chi connectivity index (χ0n) is 12.1. The predicted octanol–water partition coefficient (Wildman–Crippen LogP) is 2.49. The molecule has 1 aromatic rings. The fourth-order valence-electron chi connectivity index (χ4n) is 2.67. The molecule has 1 aliphatic heterocycles. The van der Waals surface area contributed by atoms with Crippen LogP contribution in [0.1, 0.15) is 12.5 Å². The van der Waals surface area contributed by atoms with Crippen LogP contribution in [0.15, 0.2) is 22.7 Å². The Morgan fingerprint density at radius 1 is 1.26 bits per heavy atom. The Bertz CT molecular complexity index is 414. The minimum absolute atomic E-state index is 0.624. The van der Waals surface area contributed by atoms with Crippen molar-refractivity contribution in [2.24, 2.45) is 0 Å². The van der Waals surface area contributed by atoms with Crippen LogP contribution in [0.25, 0.3) is 0 Å². The van der Waals surface area contributed by atoms with E-state index in [1.54, 1.807) is 0 Å². The second-order valence-electron chi connectivity index (χ2n) is 5.36. The molecular weight excluding hydrogens is 302 g/mol. The zero-order valence-corrected chi connectivity index (χ0v) is 13.7. The summed E-state index contributed by atoms with van der Waals surface area (Å²) in [6.07, 6.45) is 0. The number of likely N-dealkylation sites (N-methyl/N-ethyl adjacent to an activating group) is 1. The van der Waals surface area contributed by atoms with Gasteiger partial charge in [0.15, 0.2) is 0 Å². The lowest BCUT2D eigenvalue weighted by Gasteiger charge is -2.39. The molecule has 4 heteroatoms. The predicted molar refractivity (Wildman–Crippen MR) is 86.1 cm³/mol. The maximum atomic E-state index is 3.57. The molecule has 0 radical (unpaired) electrons. The van der Waals surface area contributed by atoms with Crippen LogP contribution in [0.3, 0.4) is 0 Å². The number of anilines is 1. The van der Waals surface area contributed by atoms with E-state index in [2.05, 4.69) is 63.1 Å². The van der Waals surface area contributed by atoms with Crippen LogP contribution in [0.2, 0.25) is 0 Å². The average molecular weight is 326 g/mol. The van der Waals surface area contributed by atoms with Gasteiger partial charge in [0.25, 0.3) is 0 Å². The molecule has 1 aliphatic rings. The maximum absolute atomic E-state index is 3.57. The molecule has 1 unspecified atom stereocenters. The second kappa shape index (κ2) is 6.73. The minimum atomic E-state index is 0.624. The quantitative estimate of drug-likeness (QED) is 0.917. The lowest BCUT2D eigenvalue weighted by Crippen LogP contribution is -2.51. The summed E-state index contributed by atoms with van der Waals surface area (Å²) < 4.78 is 1.19. The highest BCUT2D eigenvalue weighted by molar-refractivity contribution is 9.10. The lowest BCUT2D eigenvalue weighted by molar-refractivity contribution is 0.195. The summed E-state index contributed by atoms with van der Waals surface area (Å²) >= 11 is 3.57. The van der Waals surface area contributed by atoms with Crippen molar-refractivity contribution in [2.45, 2.75) is 19.9 Å². The molecule has 19 heavy (non-hydrogen) atoms. The SMILES string of the molecule is CNCC(C)N1CCN(c2ccc(Br)c(C)c2)CC1. The highest BCUT2D eigenvalue weighted by atomic mass is 79.9. The normalized spacial score (nSPS) is 18.6. The van der Waals surface area contributed by atoms with Crippen molar-refractivity contribution in [1.82, 2.24) is 10.2 Å². The van der Waals surface area contributed by atoms with E-state index in [4.69, 9.17) is 0 Å². The smallest absolute Gasteiger partial charge is 0.0370 e. The van der Waals surface area contributed by atoms with E-state index in [1.165, 1.54) is 15.7 Å². The highest BCUT2D eigenvalue weighted by Gasteiger charge is 2.20. The van der Waals surface area contributed by atoms with E-state index in [0.717, 1.165) is 32.7 Å². The Morgan fingerprint density at radius 2 is 1.95 bits per heavy atom. The van der Waals surface area contributed by atoms with Gasteiger partial charge in [-0.25, -0.2) is 0 Å². The van der Waals surface area contributed by atoms with E-state index in [9.17, 15) is 0 Å². The van der Waals surface area contributed by atoms with Crippen molar-refractivity contribution in [2.75, 3.05) is 44.7 Å². The number of nitrogens with one attached hydrogen (secondary N) is 1. The monoisotopic (exact) mass is 325 g/mol. The van der Waals surface area contributed by atoms with Crippen molar-refractivity contribution in [3.05, 3.63) is 28.2 Å². The molecule has 3 nitrogen and oxygen atoms in total. The molecule has 1 atom stereocenters. The molecule has 1 saturated heterocycles. The molecule has 0 spiro atoms. The van der Waals surface area contributed by atoms with Crippen molar-refractivity contribution in [1.29, 1.82) is 0 Å². The Hall–Kier alpha value is -0.580.